The highest BCUT2D eigenvalue weighted by atomic mass is 16.3. The van der Waals surface area contributed by atoms with E-state index >= 15 is 0 Å². The molecular weight excluding hydrogens is 456 g/mol. The van der Waals surface area contributed by atoms with Gasteiger partial charge in [0.25, 0.3) is 0 Å². The molecule has 0 bridgehead atoms. The Morgan fingerprint density at radius 3 is 1.14 bits per heavy atom. The molecule has 3 aromatic rings. The summed E-state index contributed by atoms with van der Waals surface area (Å²) in [5.41, 5.74) is 2.47. The van der Waals surface area contributed by atoms with Gasteiger partial charge in [-0.15, -0.1) is 0 Å². The van der Waals surface area contributed by atoms with Crippen LogP contribution in [-0.4, -0.2) is 15.3 Å². The van der Waals surface area contributed by atoms with Crippen LogP contribution in [0, 0.1) is 0 Å². The minimum absolute atomic E-state index is 0.309. The van der Waals surface area contributed by atoms with Gasteiger partial charge < -0.3 is 15.3 Å². The molecule has 0 aliphatic rings. The van der Waals surface area contributed by atoms with Gasteiger partial charge >= 0.3 is 0 Å². The Kier molecular flexibility index (Phi) is 15.7. The van der Waals surface area contributed by atoms with E-state index in [0.717, 1.165) is 6.42 Å². The summed E-state index contributed by atoms with van der Waals surface area (Å²) in [7, 11) is 0. The van der Waals surface area contributed by atoms with Crippen molar-refractivity contribution in [3.8, 4) is 17.2 Å². The average molecular weight is 505 g/mol. The first-order valence-electron chi connectivity index (χ1n) is 14.4. The first kappa shape index (κ1) is 30.3. The number of rotatable bonds is 16. The van der Waals surface area contributed by atoms with Crippen LogP contribution < -0.4 is 0 Å². The van der Waals surface area contributed by atoms with E-state index in [1.807, 2.05) is 30.3 Å². The van der Waals surface area contributed by atoms with Gasteiger partial charge in [-0.2, -0.15) is 0 Å². The Bertz CT molecular complexity index is 874. The second-order valence-corrected chi connectivity index (χ2v) is 10.1. The highest BCUT2D eigenvalue weighted by Crippen LogP contribution is 2.32. The highest BCUT2D eigenvalue weighted by Gasteiger charge is 2.14. The SMILES string of the molecule is CCCCCCCCCCCCCCCC(c1ccc(O)cc1)c1ccc(O)cc1.Oc1ccccc1. The zero-order valence-corrected chi connectivity index (χ0v) is 22.8. The molecule has 0 saturated heterocycles. The number of unbranched alkanes of at least 4 members (excludes halogenated alkanes) is 12. The number of para-hydroxylation sites is 1. The number of phenolic OH excluding ortho intramolecular Hbond substituents is 3. The van der Waals surface area contributed by atoms with E-state index in [0.29, 0.717) is 23.2 Å². The van der Waals surface area contributed by atoms with E-state index < -0.39 is 0 Å². The molecule has 202 valence electrons. The van der Waals surface area contributed by atoms with Crippen LogP contribution in [0.25, 0.3) is 0 Å². The van der Waals surface area contributed by atoms with Crippen LogP contribution in [0.4, 0.5) is 0 Å². The minimum atomic E-state index is 0.309. The molecule has 3 heteroatoms. The molecule has 0 aliphatic carbocycles. The predicted molar refractivity (Wildman–Crippen MR) is 156 cm³/mol. The van der Waals surface area contributed by atoms with E-state index in [-0.39, 0.29) is 0 Å². The molecule has 0 amide bonds. The zero-order chi connectivity index (χ0) is 26.6. The highest BCUT2D eigenvalue weighted by molar-refractivity contribution is 5.37. The maximum Gasteiger partial charge on any atom is 0.115 e. The van der Waals surface area contributed by atoms with E-state index in [1.165, 1.54) is 94.6 Å². The third-order valence-corrected chi connectivity index (χ3v) is 6.94. The smallest absolute Gasteiger partial charge is 0.115 e. The Hall–Kier alpha value is -2.94. The van der Waals surface area contributed by atoms with Gasteiger partial charge in [-0.1, -0.05) is 133 Å². The number of phenols is 3. The molecule has 0 fully saturated rings. The summed E-state index contributed by atoms with van der Waals surface area (Å²) in [5.74, 6) is 1.26. The quantitative estimate of drug-likeness (QED) is 0.170. The van der Waals surface area contributed by atoms with Crippen LogP contribution in [0.3, 0.4) is 0 Å². The summed E-state index contributed by atoms with van der Waals surface area (Å²) in [6.07, 6.45) is 18.9. The molecule has 0 saturated carbocycles. The van der Waals surface area contributed by atoms with Crippen molar-refractivity contribution in [2.75, 3.05) is 0 Å². The lowest BCUT2D eigenvalue weighted by atomic mass is 9.86. The van der Waals surface area contributed by atoms with Crippen molar-refractivity contribution in [2.24, 2.45) is 0 Å². The van der Waals surface area contributed by atoms with Gasteiger partial charge in [0.2, 0.25) is 0 Å². The zero-order valence-electron chi connectivity index (χ0n) is 22.8. The molecule has 0 radical (unpaired) electrons. The fourth-order valence-corrected chi connectivity index (χ4v) is 4.73. The van der Waals surface area contributed by atoms with Crippen LogP contribution >= 0.6 is 0 Å². The van der Waals surface area contributed by atoms with Gasteiger partial charge in [-0.3, -0.25) is 0 Å². The topological polar surface area (TPSA) is 60.7 Å². The molecule has 0 aliphatic heterocycles. The first-order valence-corrected chi connectivity index (χ1v) is 14.4. The number of hydrogen-bond donors (Lipinski definition) is 3. The molecule has 0 aromatic heterocycles. The van der Waals surface area contributed by atoms with Gasteiger partial charge in [0.15, 0.2) is 0 Å². The number of aromatic hydroxyl groups is 3. The van der Waals surface area contributed by atoms with Crippen molar-refractivity contribution >= 4 is 0 Å². The van der Waals surface area contributed by atoms with Crippen molar-refractivity contribution < 1.29 is 15.3 Å². The van der Waals surface area contributed by atoms with Gasteiger partial charge in [0, 0.05) is 5.92 Å². The van der Waals surface area contributed by atoms with E-state index in [1.54, 1.807) is 48.5 Å². The van der Waals surface area contributed by atoms with Crippen LogP contribution in [0.15, 0.2) is 78.9 Å². The van der Waals surface area contributed by atoms with Crippen molar-refractivity contribution in [2.45, 2.75) is 103 Å². The molecule has 3 aromatic carbocycles. The lowest BCUT2D eigenvalue weighted by Gasteiger charge is -2.18. The molecule has 3 N–H and O–H groups in total. The van der Waals surface area contributed by atoms with Crippen LogP contribution in [-0.2, 0) is 0 Å². The van der Waals surface area contributed by atoms with E-state index in [9.17, 15) is 10.2 Å². The lowest BCUT2D eigenvalue weighted by molar-refractivity contribution is 0.474. The average Bonchev–Trinajstić information content (AvgIpc) is 2.91. The molecule has 3 rings (SSSR count). The monoisotopic (exact) mass is 504 g/mol. The Balaban J connectivity index is 0.000000591. The van der Waals surface area contributed by atoms with Crippen molar-refractivity contribution in [1.82, 2.24) is 0 Å². The summed E-state index contributed by atoms with van der Waals surface area (Å²) in [6, 6.07) is 23.9. The summed E-state index contributed by atoms with van der Waals surface area (Å²) in [5, 5.41) is 27.9. The third-order valence-electron chi connectivity index (χ3n) is 6.94. The fraction of sp³-hybridized carbons (Fsp3) is 0.471. The van der Waals surface area contributed by atoms with Gasteiger partial charge in [-0.25, -0.2) is 0 Å². The van der Waals surface area contributed by atoms with E-state index in [2.05, 4.69) is 6.92 Å². The molecular formula is C34H48O3. The van der Waals surface area contributed by atoms with Crippen molar-refractivity contribution in [3.63, 3.8) is 0 Å². The largest absolute Gasteiger partial charge is 0.508 e. The molecule has 37 heavy (non-hydrogen) atoms. The van der Waals surface area contributed by atoms with Crippen LogP contribution in [0.5, 0.6) is 17.2 Å². The molecule has 3 nitrogen and oxygen atoms in total. The molecule has 0 unspecified atom stereocenters. The standard InChI is InChI=1S/C28H42O2.C6H6O/c1-2-3-4-5-6-7-8-9-10-11-12-13-14-15-28(24-16-20-26(29)21-17-24)25-18-22-27(30)23-19-25;7-6-4-2-1-3-5-6/h16-23,28-30H,2-15H2,1H3;1-5,7H. The second-order valence-electron chi connectivity index (χ2n) is 10.1. The Morgan fingerprint density at radius 1 is 0.432 bits per heavy atom. The van der Waals surface area contributed by atoms with E-state index in [4.69, 9.17) is 5.11 Å². The Morgan fingerprint density at radius 2 is 0.784 bits per heavy atom. The Labute approximate surface area is 225 Å². The number of hydrogen-bond acceptors (Lipinski definition) is 3. The van der Waals surface area contributed by atoms with Crippen LogP contribution in [0.2, 0.25) is 0 Å². The third kappa shape index (κ3) is 13.8. The normalized spacial score (nSPS) is 10.8. The van der Waals surface area contributed by atoms with Gasteiger partial charge in [-0.05, 0) is 53.9 Å². The van der Waals surface area contributed by atoms with Crippen molar-refractivity contribution in [3.05, 3.63) is 90.0 Å². The lowest BCUT2D eigenvalue weighted by Crippen LogP contribution is -2.01. The summed E-state index contributed by atoms with van der Waals surface area (Å²) in [6.45, 7) is 2.28. The van der Waals surface area contributed by atoms with Crippen molar-refractivity contribution in [1.29, 1.82) is 0 Å². The molecule has 0 atom stereocenters. The molecule has 0 spiro atoms. The summed E-state index contributed by atoms with van der Waals surface area (Å²) >= 11 is 0. The molecule has 0 heterocycles. The van der Waals surface area contributed by atoms with Gasteiger partial charge in [0.1, 0.15) is 17.2 Å². The summed E-state index contributed by atoms with van der Waals surface area (Å²) in [4.78, 5) is 0. The minimum Gasteiger partial charge on any atom is -0.508 e. The van der Waals surface area contributed by atoms with Crippen LogP contribution in [0.1, 0.15) is 114 Å². The fourth-order valence-electron chi connectivity index (χ4n) is 4.73. The summed E-state index contributed by atoms with van der Waals surface area (Å²) < 4.78 is 0. The first-order chi connectivity index (χ1) is 18.1. The predicted octanol–water partition coefficient (Wildman–Crippen LogP) is 10.1. The number of benzene rings is 3. The second kappa shape index (κ2) is 19.2. The van der Waals surface area contributed by atoms with Gasteiger partial charge in [0.05, 0.1) is 0 Å². The maximum atomic E-state index is 9.61. The maximum absolute atomic E-state index is 9.61.